The molecule has 0 aliphatic carbocycles. The quantitative estimate of drug-likeness (QED) is 0.673. The number of aryl methyl sites for hydroxylation is 1. The Hall–Kier alpha value is -2.15. The summed E-state index contributed by atoms with van der Waals surface area (Å²) in [4.78, 5) is 11.3. The van der Waals surface area contributed by atoms with Gasteiger partial charge < -0.3 is 4.42 Å². The molecule has 108 valence electrons. The first kappa shape index (κ1) is 13.8. The Morgan fingerprint density at radius 1 is 1.14 bits per heavy atom. The highest BCUT2D eigenvalue weighted by atomic mass is 35.5. The van der Waals surface area contributed by atoms with Crippen LogP contribution in [0.15, 0.2) is 28.8 Å². The van der Waals surface area contributed by atoms with E-state index in [1.807, 2.05) is 0 Å². The topological polar surface area (TPSA) is 51.8 Å². The second-order valence-electron chi connectivity index (χ2n) is 4.34. The highest BCUT2D eigenvalue weighted by molar-refractivity contribution is 6.30. The molecule has 0 saturated carbocycles. The smallest absolute Gasteiger partial charge is 0.436 e. The van der Waals surface area contributed by atoms with Gasteiger partial charge >= 0.3 is 6.18 Å². The lowest BCUT2D eigenvalue weighted by molar-refractivity contribution is -0.141. The van der Waals surface area contributed by atoms with Gasteiger partial charge in [-0.05, 0) is 25.1 Å². The summed E-state index contributed by atoms with van der Waals surface area (Å²) in [5.74, 6) is 0.980. The molecule has 3 aromatic rings. The first-order valence-corrected chi connectivity index (χ1v) is 6.20. The lowest BCUT2D eigenvalue weighted by Gasteiger charge is -2.08. The van der Waals surface area contributed by atoms with Gasteiger partial charge in [0.2, 0.25) is 5.89 Å². The normalized spacial score (nSPS) is 12.0. The molecule has 4 nitrogen and oxygen atoms in total. The summed E-state index contributed by atoms with van der Waals surface area (Å²) in [6.45, 7) is 1.74. The number of fused-ring (bicyclic) bond motifs is 1. The van der Waals surface area contributed by atoms with Crippen molar-refractivity contribution in [3.05, 3.63) is 41.0 Å². The number of hydrogen-bond acceptors (Lipinski definition) is 4. The van der Waals surface area contributed by atoms with Crippen LogP contribution in [0.3, 0.4) is 0 Å². The van der Waals surface area contributed by atoms with Crippen molar-refractivity contribution in [2.45, 2.75) is 13.1 Å². The van der Waals surface area contributed by atoms with Crippen LogP contribution in [0.1, 0.15) is 11.5 Å². The minimum Gasteiger partial charge on any atom is -0.441 e. The van der Waals surface area contributed by atoms with Gasteiger partial charge in [-0.15, -0.1) is 0 Å². The van der Waals surface area contributed by atoms with Crippen molar-refractivity contribution in [1.29, 1.82) is 0 Å². The molecule has 0 aliphatic heterocycles. The van der Waals surface area contributed by atoms with Gasteiger partial charge in [0.1, 0.15) is 5.76 Å². The number of benzene rings is 1. The SMILES string of the molecule is Cc1cnc(-c2ccc3nc(C(F)(F)F)c(Cl)nc3c2)o1. The number of hydrogen-bond donors (Lipinski definition) is 0. The fourth-order valence-electron chi connectivity index (χ4n) is 1.83. The molecule has 0 spiro atoms. The molecule has 0 amide bonds. The molecule has 21 heavy (non-hydrogen) atoms. The average molecular weight is 314 g/mol. The van der Waals surface area contributed by atoms with Crippen molar-refractivity contribution in [3.63, 3.8) is 0 Å². The summed E-state index contributed by atoms with van der Waals surface area (Å²) < 4.78 is 43.5. The Bertz CT molecular complexity index is 829. The average Bonchev–Trinajstić information content (AvgIpc) is 2.82. The van der Waals surface area contributed by atoms with E-state index in [-0.39, 0.29) is 11.0 Å². The fourth-order valence-corrected chi connectivity index (χ4v) is 2.07. The highest BCUT2D eigenvalue weighted by Crippen LogP contribution is 2.33. The maximum Gasteiger partial charge on any atom is 0.436 e. The standard InChI is InChI=1S/C13H7ClF3N3O/c1-6-5-18-12(21-6)7-2-3-8-9(4-7)20-11(14)10(19-8)13(15,16)17/h2-5H,1H3. The fraction of sp³-hybridized carbons (Fsp3) is 0.154. The minimum absolute atomic E-state index is 0.0961. The van der Waals surface area contributed by atoms with E-state index in [1.165, 1.54) is 12.1 Å². The molecule has 0 unspecified atom stereocenters. The number of halogens is 4. The molecule has 0 atom stereocenters. The van der Waals surface area contributed by atoms with E-state index in [0.29, 0.717) is 17.2 Å². The second-order valence-corrected chi connectivity index (χ2v) is 4.70. The summed E-state index contributed by atoms with van der Waals surface area (Å²) in [5.41, 5.74) is -0.280. The Morgan fingerprint density at radius 3 is 2.52 bits per heavy atom. The first-order chi connectivity index (χ1) is 9.84. The van der Waals surface area contributed by atoms with E-state index in [1.54, 1.807) is 19.2 Å². The molecule has 0 bridgehead atoms. The molecule has 8 heteroatoms. The first-order valence-electron chi connectivity index (χ1n) is 5.82. The van der Waals surface area contributed by atoms with Crippen molar-refractivity contribution in [2.75, 3.05) is 0 Å². The number of oxazole rings is 1. The molecule has 0 radical (unpaired) electrons. The van der Waals surface area contributed by atoms with Gasteiger partial charge in [-0.25, -0.2) is 15.0 Å². The van der Waals surface area contributed by atoms with Crippen LogP contribution in [0.4, 0.5) is 13.2 Å². The highest BCUT2D eigenvalue weighted by Gasteiger charge is 2.36. The van der Waals surface area contributed by atoms with E-state index in [9.17, 15) is 13.2 Å². The van der Waals surface area contributed by atoms with Crippen molar-refractivity contribution in [2.24, 2.45) is 0 Å². The van der Waals surface area contributed by atoms with Crippen LogP contribution in [-0.2, 0) is 6.18 Å². The number of alkyl halides is 3. The molecular formula is C13H7ClF3N3O. The van der Waals surface area contributed by atoms with Gasteiger partial charge in [-0.2, -0.15) is 13.2 Å². The van der Waals surface area contributed by atoms with Crippen LogP contribution in [0.5, 0.6) is 0 Å². The van der Waals surface area contributed by atoms with E-state index in [2.05, 4.69) is 15.0 Å². The third-order valence-corrected chi connectivity index (χ3v) is 3.02. The Morgan fingerprint density at radius 2 is 1.90 bits per heavy atom. The van der Waals surface area contributed by atoms with Gasteiger partial charge in [-0.3, -0.25) is 0 Å². The zero-order chi connectivity index (χ0) is 15.2. The number of rotatable bonds is 1. The van der Waals surface area contributed by atoms with Gasteiger partial charge in [0.25, 0.3) is 0 Å². The Balaban J connectivity index is 2.15. The minimum atomic E-state index is -4.64. The third-order valence-electron chi connectivity index (χ3n) is 2.76. The predicted molar refractivity (Wildman–Crippen MR) is 69.8 cm³/mol. The van der Waals surface area contributed by atoms with E-state index >= 15 is 0 Å². The maximum absolute atomic E-state index is 12.7. The molecule has 2 heterocycles. The largest absolute Gasteiger partial charge is 0.441 e. The summed E-state index contributed by atoms with van der Waals surface area (Å²) in [5, 5.41) is -0.685. The van der Waals surface area contributed by atoms with Crippen LogP contribution < -0.4 is 0 Å². The van der Waals surface area contributed by atoms with Crippen LogP contribution in [0.2, 0.25) is 5.15 Å². The van der Waals surface area contributed by atoms with Crippen molar-refractivity contribution >= 4 is 22.6 Å². The van der Waals surface area contributed by atoms with Crippen molar-refractivity contribution in [1.82, 2.24) is 15.0 Å². The van der Waals surface area contributed by atoms with Crippen LogP contribution >= 0.6 is 11.6 Å². The molecular weight excluding hydrogens is 307 g/mol. The van der Waals surface area contributed by atoms with Crippen molar-refractivity contribution < 1.29 is 17.6 Å². The molecule has 3 rings (SSSR count). The summed E-state index contributed by atoms with van der Waals surface area (Å²) in [7, 11) is 0. The monoisotopic (exact) mass is 313 g/mol. The van der Waals surface area contributed by atoms with Gasteiger partial charge in [0, 0.05) is 5.56 Å². The Labute approximate surface area is 121 Å². The van der Waals surface area contributed by atoms with E-state index in [4.69, 9.17) is 16.0 Å². The van der Waals surface area contributed by atoms with Gasteiger partial charge in [0.15, 0.2) is 10.8 Å². The summed E-state index contributed by atoms with van der Waals surface area (Å²) >= 11 is 5.56. The van der Waals surface area contributed by atoms with Crippen molar-refractivity contribution in [3.8, 4) is 11.5 Å². The predicted octanol–water partition coefficient (Wildman–Crippen LogP) is 4.27. The Kier molecular flexibility index (Phi) is 3.09. The van der Waals surface area contributed by atoms with Gasteiger partial charge in [0.05, 0.1) is 17.2 Å². The molecule has 1 aromatic carbocycles. The van der Waals surface area contributed by atoms with Crippen LogP contribution in [0, 0.1) is 6.92 Å². The third kappa shape index (κ3) is 2.56. The second kappa shape index (κ2) is 4.70. The summed E-state index contributed by atoms with van der Waals surface area (Å²) in [6.07, 6.45) is -3.10. The molecule has 0 saturated heterocycles. The lowest BCUT2D eigenvalue weighted by Crippen LogP contribution is -2.10. The lowest BCUT2D eigenvalue weighted by atomic mass is 10.2. The number of aromatic nitrogens is 3. The maximum atomic E-state index is 12.7. The molecule has 2 aromatic heterocycles. The molecule has 0 fully saturated rings. The van der Waals surface area contributed by atoms with Crippen LogP contribution in [0.25, 0.3) is 22.5 Å². The summed E-state index contributed by atoms with van der Waals surface area (Å²) in [6, 6.07) is 4.51. The zero-order valence-corrected chi connectivity index (χ0v) is 11.3. The zero-order valence-electron chi connectivity index (χ0n) is 10.6. The van der Waals surface area contributed by atoms with Gasteiger partial charge in [-0.1, -0.05) is 11.6 Å². The molecule has 0 aliphatic rings. The number of nitrogens with zero attached hydrogens (tertiary/aromatic N) is 3. The van der Waals surface area contributed by atoms with E-state index < -0.39 is 17.0 Å². The molecule has 0 N–H and O–H groups in total. The van der Waals surface area contributed by atoms with Crippen LogP contribution in [-0.4, -0.2) is 15.0 Å². The van der Waals surface area contributed by atoms with E-state index in [0.717, 1.165) is 0 Å².